The average Bonchev–Trinajstić information content (AvgIpc) is 3.26. The van der Waals surface area contributed by atoms with Crippen LogP contribution in [0.1, 0.15) is 50.5 Å². The van der Waals surface area contributed by atoms with Gasteiger partial charge in [-0.1, -0.05) is 31.4 Å². The van der Waals surface area contributed by atoms with E-state index in [0.717, 1.165) is 12.1 Å². The van der Waals surface area contributed by atoms with E-state index < -0.39 is 0 Å². The summed E-state index contributed by atoms with van der Waals surface area (Å²) in [6.07, 6.45) is 9.79. The summed E-state index contributed by atoms with van der Waals surface area (Å²) in [5.74, 6) is 0. The first-order valence-corrected chi connectivity index (χ1v) is 7.46. The Morgan fingerprint density at radius 3 is 2.06 bits per heavy atom. The lowest BCUT2D eigenvalue weighted by atomic mass is 9.93. The molecule has 1 aromatic rings. The Balaban J connectivity index is 1.79. The maximum atomic E-state index is 5.68. The molecule has 2 heteroatoms. The van der Waals surface area contributed by atoms with Crippen molar-refractivity contribution >= 4 is 5.69 Å². The van der Waals surface area contributed by atoms with Crippen LogP contribution in [0.2, 0.25) is 0 Å². The van der Waals surface area contributed by atoms with Crippen molar-refractivity contribution in [1.82, 2.24) is 0 Å². The van der Waals surface area contributed by atoms with E-state index in [1.54, 1.807) is 0 Å². The monoisotopic (exact) mass is 244 g/mol. The molecule has 2 nitrogen and oxygen atoms in total. The molecule has 0 unspecified atom stereocenters. The predicted octanol–water partition coefficient (Wildman–Crippen LogP) is 3.45. The zero-order valence-corrected chi connectivity index (χ0v) is 11.1. The van der Waals surface area contributed by atoms with Gasteiger partial charge in [-0.05, 0) is 43.4 Å². The molecular weight excluding hydrogens is 220 g/mol. The van der Waals surface area contributed by atoms with Crippen LogP contribution in [0, 0.1) is 0 Å². The maximum absolute atomic E-state index is 5.68. The SMILES string of the molecule is NCc1ccc(N(C2CCCCC2)C2CC2)cc1. The molecule has 18 heavy (non-hydrogen) atoms. The minimum absolute atomic E-state index is 0.646. The third kappa shape index (κ3) is 2.54. The van der Waals surface area contributed by atoms with Gasteiger partial charge in [-0.2, -0.15) is 0 Å². The van der Waals surface area contributed by atoms with Gasteiger partial charge in [0.15, 0.2) is 0 Å². The second-order valence-corrected chi connectivity index (χ2v) is 5.80. The zero-order chi connectivity index (χ0) is 12.4. The van der Waals surface area contributed by atoms with Crippen LogP contribution in [-0.4, -0.2) is 12.1 Å². The van der Waals surface area contributed by atoms with Gasteiger partial charge in [0.25, 0.3) is 0 Å². The van der Waals surface area contributed by atoms with E-state index in [2.05, 4.69) is 29.2 Å². The van der Waals surface area contributed by atoms with Gasteiger partial charge in [-0.15, -0.1) is 0 Å². The molecule has 2 saturated carbocycles. The van der Waals surface area contributed by atoms with Gasteiger partial charge in [0.05, 0.1) is 0 Å². The van der Waals surface area contributed by atoms with Crippen molar-refractivity contribution in [1.29, 1.82) is 0 Å². The molecule has 0 bridgehead atoms. The molecule has 2 fully saturated rings. The van der Waals surface area contributed by atoms with Gasteiger partial charge in [0.1, 0.15) is 0 Å². The van der Waals surface area contributed by atoms with Crippen molar-refractivity contribution < 1.29 is 0 Å². The lowest BCUT2D eigenvalue weighted by Gasteiger charge is -2.36. The highest BCUT2D eigenvalue weighted by Gasteiger charge is 2.34. The van der Waals surface area contributed by atoms with Crippen LogP contribution in [0.4, 0.5) is 5.69 Å². The van der Waals surface area contributed by atoms with Crippen LogP contribution in [0.5, 0.6) is 0 Å². The van der Waals surface area contributed by atoms with Crippen LogP contribution < -0.4 is 10.6 Å². The smallest absolute Gasteiger partial charge is 0.0371 e. The molecule has 98 valence electrons. The first-order valence-electron chi connectivity index (χ1n) is 7.46. The number of nitrogens with two attached hydrogens (primary N) is 1. The first kappa shape index (κ1) is 12.0. The fraction of sp³-hybridized carbons (Fsp3) is 0.625. The highest BCUT2D eigenvalue weighted by atomic mass is 15.2. The lowest BCUT2D eigenvalue weighted by molar-refractivity contribution is 0.412. The van der Waals surface area contributed by atoms with Gasteiger partial charge in [0.2, 0.25) is 0 Å². The van der Waals surface area contributed by atoms with Gasteiger partial charge in [-0.25, -0.2) is 0 Å². The molecule has 0 atom stereocenters. The zero-order valence-electron chi connectivity index (χ0n) is 11.1. The maximum Gasteiger partial charge on any atom is 0.0371 e. The fourth-order valence-corrected chi connectivity index (χ4v) is 3.24. The van der Waals surface area contributed by atoms with Gasteiger partial charge in [-0.3, -0.25) is 0 Å². The molecule has 0 aliphatic heterocycles. The molecule has 2 aliphatic carbocycles. The number of hydrogen-bond donors (Lipinski definition) is 1. The average molecular weight is 244 g/mol. The summed E-state index contributed by atoms with van der Waals surface area (Å²) in [6.45, 7) is 0.646. The fourth-order valence-electron chi connectivity index (χ4n) is 3.24. The van der Waals surface area contributed by atoms with Crippen LogP contribution in [0.3, 0.4) is 0 Å². The quantitative estimate of drug-likeness (QED) is 0.879. The molecule has 0 aromatic heterocycles. The summed E-state index contributed by atoms with van der Waals surface area (Å²) in [7, 11) is 0. The van der Waals surface area contributed by atoms with Crippen LogP contribution >= 0.6 is 0 Å². The first-order chi connectivity index (χ1) is 8.88. The second-order valence-electron chi connectivity index (χ2n) is 5.80. The molecule has 0 saturated heterocycles. The summed E-state index contributed by atoms with van der Waals surface area (Å²) in [5, 5.41) is 0. The van der Waals surface area contributed by atoms with Crippen LogP contribution in [0.15, 0.2) is 24.3 Å². The molecule has 0 amide bonds. The van der Waals surface area contributed by atoms with Crippen molar-refractivity contribution in [3.63, 3.8) is 0 Å². The molecule has 2 aliphatic rings. The largest absolute Gasteiger partial charge is 0.366 e. The molecule has 0 heterocycles. The van der Waals surface area contributed by atoms with E-state index in [1.165, 1.54) is 56.2 Å². The Morgan fingerprint density at radius 1 is 0.889 bits per heavy atom. The number of hydrogen-bond acceptors (Lipinski definition) is 2. The number of nitrogens with zero attached hydrogens (tertiary/aromatic N) is 1. The highest BCUT2D eigenvalue weighted by molar-refractivity contribution is 5.51. The Bertz CT molecular complexity index is 375. The Hall–Kier alpha value is -1.02. The number of benzene rings is 1. The summed E-state index contributed by atoms with van der Waals surface area (Å²) in [4.78, 5) is 2.71. The van der Waals surface area contributed by atoms with Crippen molar-refractivity contribution in [2.45, 2.75) is 63.6 Å². The van der Waals surface area contributed by atoms with E-state index in [4.69, 9.17) is 5.73 Å². The second kappa shape index (κ2) is 5.31. The van der Waals surface area contributed by atoms with E-state index in [-0.39, 0.29) is 0 Å². The van der Waals surface area contributed by atoms with E-state index in [1.807, 2.05) is 0 Å². The van der Waals surface area contributed by atoms with Gasteiger partial charge >= 0.3 is 0 Å². The van der Waals surface area contributed by atoms with Crippen molar-refractivity contribution in [2.75, 3.05) is 4.90 Å². The molecule has 2 N–H and O–H groups in total. The molecule has 1 aromatic carbocycles. The van der Waals surface area contributed by atoms with Crippen molar-refractivity contribution in [3.05, 3.63) is 29.8 Å². The minimum Gasteiger partial charge on any atom is -0.366 e. The summed E-state index contributed by atoms with van der Waals surface area (Å²) >= 11 is 0. The Kier molecular flexibility index (Phi) is 3.55. The summed E-state index contributed by atoms with van der Waals surface area (Å²) in [5.41, 5.74) is 8.33. The topological polar surface area (TPSA) is 29.3 Å². The predicted molar refractivity (Wildman–Crippen MR) is 76.7 cm³/mol. The van der Waals surface area contributed by atoms with E-state index >= 15 is 0 Å². The molecule has 3 rings (SSSR count). The molecule has 0 radical (unpaired) electrons. The third-order valence-electron chi connectivity index (χ3n) is 4.38. The number of rotatable bonds is 4. The van der Waals surface area contributed by atoms with Crippen LogP contribution in [0.25, 0.3) is 0 Å². The summed E-state index contributed by atoms with van der Waals surface area (Å²) < 4.78 is 0. The lowest BCUT2D eigenvalue weighted by Crippen LogP contribution is -2.38. The minimum atomic E-state index is 0.646. The third-order valence-corrected chi connectivity index (χ3v) is 4.38. The van der Waals surface area contributed by atoms with Gasteiger partial charge < -0.3 is 10.6 Å². The Morgan fingerprint density at radius 2 is 1.50 bits per heavy atom. The highest BCUT2D eigenvalue weighted by Crippen LogP contribution is 2.37. The van der Waals surface area contributed by atoms with Crippen molar-refractivity contribution in [3.8, 4) is 0 Å². The van der Waals surface area contributed by atoms with Crippen LogP contribution in [-0.2, 0) is 6.54 Å². The Labute approximate surface area is 110 Å². The number of anilines is 1. The van der Waals surface area contributed by atoms with Crippen molar-refractivity contribution in [2.24, 2.45) is 5.73 Å². The molecular formula is C16H24N2. The normalized spacial score (nSPS) is 20.9. The van der Waals surface area contributed by atoms with Gasteiger partial charge in [0, 0.05) is 24.3 Å². The molecule has 0 spiro atoms. The van der Waals surface area contributed by atoms with E-state index in [9.17, 15) is 0 Å². The van der Waals surface area contributed by atoms with E-state index in [0.29, 0.717) is 6.54 Å². The summed E-state index contributed by atoms with van der Waals surface area (Å²) in [6, 6.07) is 10.5. The standard InChI is InChI=1S/C16H24N2/c17-12-13-6-8-15(9-7-13)18(16-10-11-16)14-4-2-1-3-5-14/h6-9,14,16H,1-5,10-12,17H2.